The number of ether oxygens (including phenoxy) is 1. The van der Waals surface area contributed by atoms with Crippen molar-refractivity contribution in [1.82, 2.24) is 9.80 Å². The van der Waals surface area contributed by atoms with E-state index in [-0.39, 0.29) is 25.0 Å². The highest BCUT2D eigenvalue weighted by molar-refractivity contribution is 5.79. The van der Waals surface area contributed by atoms with Gasteiger partial charge in [-0.25, -0.2) is 0 Å². The summed E-state index contributed by atoms with van der Waals surface area (Å²) in [4.78, 5) is 27.2. The maximum atomic E-state index is 12.2. The minimum Gasteiger partial charge on any atom is -0.465 e. The third-order valence-corrected chi connectivity index (χ3v) is 3.03. The van der Waals surface area contributed by atoms with E-state index in [1.54, 1.807) is 18.9 Å². The molecule has 0 fully saturated rings. The molecule has 0 radical (unpaired) electrons. The Bertz CT molecular complexity index is 274. The lowest BCUT2D eigenvalue weighted by atomic mass is 10.2. The van der Waals surface area contributed by atoms with Gasteiger partial charge in [0.2, 0.25) is 5.91 Å². The van der Waals surface area contributed by atoms with E-state index in [4.69, 9.17) is 4.74 Å². The molecule has 0 rings (SSSR count). The second-order valence-corrected chi connectivity index (χ2v) is 5.07. The van der Waals surface area contributed by atoms with Gasteiger partial charge in [-0.05, 0) is 26.8 Å². The molecule has 0 aliphatic carbocycles. The average Bonchev–Trinajstić information content (AvgIpc) is 2.38. The van der Waals surface area contributed by atoms with Gasteiger partial charge in [0.15, 0.2) is 0 Å². The zero-order chi connectivity index (χ0) is 15.4. The molecule has 20 heavy (non-hydrogen) atoms. The molecule has 0 aromatic heterocycles. The van der Waals surface area contributed by atoms with Crippen LogP contribution in [0.2, 0.25) is 0 Å². The molecule has 0 aliphatic rings. The Labute approximate surface area is 123 Å². The third kappa shape index (κ3) is 8.91. The smallest absolute Gasteiger partial charge is 0.320 e. The molecule has 0 bridgehead atoms. The number of hydrogen-bond donors (Lipinski definition) is 0. The van der Waals surface area contributed by atoms with Crippen LogP contribution >= 0.6 is 0 Å². The van der Waals surface area contributed by atoms with Crippen LogP contribution in [-0.4, -0.2) is 61.5 Å². The highest BCUT2D eigenvalue weighted by atomic mass is 16.5. The first-order valence-electron chi connectivity index (χ1n) is 7.67. The largest absolute Gasteiger partial charge is 0.465 e. The molecule has 0 unspecified atom stereocenters. The summed E-state index contributed by atoms with van der Waals surface area (Å²) in [6.07, 6.45) is 4.21. The van der Waals surface area contributed by atoms with Crippen LogP contribution < -0.4 is 0 Å². The number of carbonyl (C=O) groups excluding carboxylic acids is 2. The zero-order valence-electron chi connectivity index (χ0n) is 13.5. The van der Waals surface area contributed by atoms with E-state index >= 15 is 0 Å². The van der Waals surface area contributed by atoms with Gasteiger partial charge in [0.25, 0.3) is 0 Å². The van der Waals surface area contributed by atoms with E-state index in [0.717, 1.165) is 38.8 Å². The summed E-state index contributed by atoms with van der Waals surface area (Å²) in [5, 5.41) is 0. The predicted molar refractivity (Wildman–Crippen MR) is 80.5 cm³/mol. The number of esters is 1. The van der Waals surface area contributed by atoms with Gasteiger partial charge >= 0.3 is 5.97 Å². The summed E-state index contributed by atoms with van der Waals surface area (Å²) in [6.45, 7) is 8.44. The number of unbranched alkanes of at least 4 members (excludes halogenated alkanes) is 2. The summed E-state index contributed by atoms with van der Waals surface area (Å²) >= 11 is 0. The number of nitrogens with zero attached hydrogens (tertiary/aromatic N) is 2. The monoisotopic (exact) mass is 286 g/mol. The number of rotatable bonds is 11. The molecule has 5 nitrogen and oxygen atoms in total. The van der Waals surface area contributed by atoms with E-state index in [2.05, 4.69) is 13.8 Å². The Morgan fingerprint density at radius 3 is 1.95 bits per heavy atom. The minimum absolute atomic E-state index is 0.0960. The zero-order valence-corrected chi connectivity index (χ0v) is 13.5. The first-order valence-corrected chi connectivity index (χ1v) is 7.67. The van der Waals surface area contributed by atoms with Crippen molar-refractivity contribution in [2.75, 3.05) is 39.8 Å². The topological polar surface area (TPSA) is 49.9 Å². The lowest BCUT2D eigenvalue weighted by molar-refractivity contribution is -0.144. The van der Waals surface area contributed by atoms with Crippen LogP contribution in [0.4, 0.5) is 0 Å². The Morgan fingerprint density at radius 1 is 0.950 bits per heavy atom. The molecule has 0 aromatic carbocycles. The molecule has 0 aromatic rings. The molecular weight excluding hydrogens is 256 g/mol. The van der Waals surface area contributed by atoms with Gasteiger partial charge in [-0.1, -0.05) is 26.7 Å². The molecule has 0 heterocycles. The van der Waals surface area contributed by atoms with Crippen LogP contribution in [0.15, 0.2) is 0 Å². The molecule has 1 amide bonds. The van der Waals surface area contributed by atoms with Gasteiger partial charge in [0.1, 0.15) is 0 Å². The minimum atomic E-state index is -0.281. The Kier molecular flexibility index (Phi) is 11.1. The van der Waals surface area contributed by atoms with Gasteiger partial charge < -0.3 is 9.64 Å². The van der Waals surface area contributed by atoms with E-state index in [9.17, 15) is 9.59 Å². The third-order valence-electron chi connectivity index (χ3n) is 3.03. The molecule has 0 saturated heterocycles. The van der Waals surface area contributed by atoms with Gasteiger partial charge in [-0.3, -0.25) is 14.5 Å². The molecule has 5 heteroatoms. The van der Waals surface area contributed by atoms with Crippen molar-refractivity contribution in [2.45, 2.75) is 46.5 Å². The van der Waals surface area contributed by atoms with E-state index in [1.165, 1.54) is 0 Å². The van der Waals surface area contributed by atoms with Crippen LogP contribution in [0.3, 0.4) is 0 Å². The van der Waals surface area contributed by atoms with Crippen molar-refractivity contribution >= 4 is 11.9 Å². The van der Waals surface area contributed by atoms with Crippen LogP contribution in [0, 0.1) is 0 Å². The molecule has 0 aliphatic heterocycles. The fraction of sp³-hybridized carbons (Fsp3) is 0.867. The highest BCUT2D eigenvalue weighted by Crippen LogP contribution is 2.01. The van der Waals surface area contributed by atoms with Gasteiger partial charge in [0.05, 0.1) is 19.7 Å². The van der Waals surface area contributed by atoms with Gasteiger partial charge in [-0.2, -0.15) is 0 Å². The quantitative estimate of drug-likeness (QED) is 0.544. The Hall–Kier alpha value is -1.10. The average molecular weight is 286 g/mol. The number of hydrogen-bond acceptors (Lipinski definition) is 4. The van der Waals surface area contributed by atoms with Crippen molar-refractivity contribution < 1.29 is 14.3 Å². The summed E-state index contributed by atoms with van der Waals surface area (Å²) in [7, 11) is 1.77. The number of carbonyl (C=O) groups is 2. The fourth-order valence-corrected chi connectivity index (χ4v) is 1.87. The second kappa shape index (κ2) is 11.7. The second-order valence-electron chi connectivity index (χ2n) is 5.07. The van der Waals surface area contributed by atoms with Crippen molar-refractivity contribution in [1.29, 1.82) is 0 Å². The lowest BCUT2D eigenvalue weighted by Crippen LogP contribution is -2.41. The first-order chi connectivity index (χ1) is 9.54. The maximum Gasteiger partial charge on any atom is 0.320 e. The molecule has 0 atom stereocenters. The highest BCUT2D eigenvalue weighted by Gasteiger charge is 2.16. The van der Waals surface area contributed by atoms with E-state index < -0.39 is 0 Å². The standard InChI is InChI=1S/C15H30N2O3/c1-5-8-10-17(11-9-6-2)14(18)12-16(4)13-15(19)20-7-3/h5-13H2,1-4H3. The van der Waals surface area contributed by atoms with Crippen LogP contribution in [0.25, 0.3) is 0 Å². The summed E-state index contributed by atoms with van der Waals surface area (Å²) in [6, 6.07) is 0. The number of likely N-dealkylation sites (N-methyl/N-ethyl adjacent to an activating group) is 1. The molecule has 118 valence electrons. The van der Waals surface area contributed by atoms with Crippen molar-refractivity contribution in [3.8, 4) is 0 Å². The SMILES string of the molecule is CCCCN(CCCC)C(=O)CN(C)CC(=O)OCC. The lowest BCUT2D eigenvalue weighted by Gasteiger charge is -2.25. The Balaban J connectivity index is 4.23. The van der Waals surface area contributed by atoms with Crippen molar-refractivity contribution in [3.63, 3.8) is 0 Å². The van der Waals surface area contributed by atoms with Crippen LogP contribution in [-0.2, 0) is 14.3 Å². The summed E-state index contributed by atoms with van der Waals surface area (Å²) in [5.74, 6) is -0.185. The van der Waals surface area contributed by atoms with Gasteiger partial charge in [-0.15, -0.1) is 0 Å². The normalized spacial score (nSPS) is 10.7. The van der Waals surface area contributed by atoms with Crippen molar-refractivity contribution in [3.05, 3.63) is 0 Å². The molecule has 0 saturated carbocycles. The molecule has 0 spiro atoms. The Morgan fingerprint density at radius 2 is 1.50 bits per heavy atom. The van der Waals surface area contributed by atoms with Gasteiger partial charge in [0, 0.05) is 13.1 Å². The van der Waals surface area contributed by atoms with Crippen molar-refractivity contribution in [2.24, 2.45) is 0 Å². The van der Waals surface area contributed by atoms with E-state index in [1.807, 2.05) is 4.90 Å². The maximum absolute atomic E-state index is 12.2. The van der Waals surface area contributed by atoms with Crippen LogP contribution in [0.5, 0.6) is 0 Å². The number of amides is 1. The first kappa shape index (κ1) is 18.9. The summed E-state index contributed by atoms with van der Waals surface area (Å²) in [5.41, 5.74) is 0. The predicted octanol–water partition coefficient (Wildman–Crippen LogP) is 1.91. The molecule has 0 N–H and O–H groups in total. The van der Waals surface area contributed by atoms with Crippen LogP contribution in [0.1, 0.15) is 46.5 Å². The fourth-order valence-electron chi connectivity index (χ4n) is 1.87. The molecular formula is C15H30N2O3. The van der Waals surface area contributed by atoms with E-state index in [0.29, 0.717) is 6.61 Å². The summed E-state index contributed by atoms with van der Waals surface area (Å²) < 4.78 is 4.88.